The van der Waals surface area contributed by atoms with E-state index >= 15 is 0 Å². The van der Waals surface area contributed by atoms with Crippen molar-refractivity contribution in [1.29, 1.82) is 0 Å². The minimum Gasteiger partial charge on any atom is -0.323 e. The zero-order chi connectivity index (χ0) is 16.6. The van der Waals surface area contributed by atoms with Gasteiger partial charge in [0.1, 0.15) is 6.04 Å². The van der Waals surface area contributed by atoms with Gasteiger partial charge in [0.05, 0.1) is 16.4 Å². The molecule has 0 radical (unpaired) electrons. The number of nitrogens with one attached hydrogen (secondary N) is 1. The van der Waals surface area contributed by atoms with Gasteiger partial charge in [-0.1, -0.05) is 17.7 Å². The number of nitrogens with zero attached hydrogens (tertiary/aromatic N) is 2. The van der Waals surface area contributed by atoms with E-state index < -0.39 is 6.04 Å². The van der Waals surface area contributed by atoms with E-state index in [4.69, 9.17) is 11.6 Å². The third kappa shape index (κ3) is 3.15. The topological polar surface area (TPSA) is 64.0 Å². The largest absolute Gasteiger partial charge is 0.323 e. The molecule has 1 aliphatic rings. The van der Waals surface area contributed by atoms with Crippen LogP contribution < -0.4 is 10.9 Å². The normalized spacial score (nSPS) is 14.4. The van der Waals surface area contributed by atoms with Gasteiger partial charge in [-0.25, -0.2) is 4.68 Å². The molecule has 1 aliphatic carbocycles. The molecule has 1 unspecified atom stereocenters. The fourth-order valence-electron chi connectivity index (χ4n) is 2.76. The maximum Gasteiger partial charge on any atom is 0.267 e. The second kappa shape index (κ2) is 6.16. The molecule has 120 valence electrons. The number of amides is 1. The number of carbonyl (C=O) groups is 1. The number of anilines is 1. The van der Waals surface area contributed by atoms with Gasteiger partial charge in [0.2, 0.25) is 5.91 Å². The molecule has 1 heterocycles. The number of halogens is 1. The van der Waals surface area contributed by atoms with Gasteiger partial charge >= 0.3 is 0 Å². The van der Waals surface area contributed by atoms with Gasteiger partial charge in [0.15, 0.2) is 0 Å². The highest BCUT2D eigenvalue weighted by Gasteiger charge is 2.21. The average Bonchev–Trinajstić information content (AvgIpc) is 2.95. The van der Waals surface area contributed by atoms with Crippen LogP contribution >= 0.6 is 11.6 Å². The second-order valence-corrected chi connectivity index (χ2v) is 6.31. The van der Waals surface area contributed by atoms with Crippen LogP contribution in [-0.4, -0.2) is 15.7 Å². The van der Waals surface area contributed by atoms with E-state index in [2.05, 4.69) is 10.4 Å². The van der Waals surface area contributed by atoms with Crippen molar-refractivity contribution in [2.75, 3.05) is 5.32 Å². The van der Waals surface area contributed by atoms with Gasteiger partial charge in [-0.3, -0.25) is 9.59 Å². The molecule has 1 atom stereocenters. The van der Waals surface area contributed by atoms with Crippen molar-refractivity contribution < 1.29 is 4.79 Å². The predicted octanol–water partition coefficient (Wildman–Crippen LogP) is 2.89. The molecule has 0 fully saturated rings. The SMILES string of the molecule is Cc1ccc(NC(=O)C(C)n2nc3c(cc2=O)CCC3)c(Cl)c1. The van der Waals surface area contributed by atoms with Crippen LogP contribution in [0.15, 0.2) is 29.1 Å². The van der Waals surface area contributed by atoms with Gasteiger partial charge in [-0.2, -0.15) is 5.10 Å². The number of fused-ring (bicyclic) bond motifs is 1. The fourth-order valence-corrected chi connectivity index (χ4v) is 3.04. The van der Waals surface area contributed by atoms with Crippen molar-refractivity contribution in [3.05, 3.63) is 56.5 Å². The Bertz CT molecular complexity index is 829. The van der Waals surface area contributed by atoms with E-state index in [0.717, 1.165) is 36.1 Å². The summed E-state index contributed by atoms with van der Waals surface area (Å²) in [5.74, 6) is -0.316. The average molecular weight is 332 g/mol. The molecule has 3 rings (SSSR count). The number of carbonyl (C=O) groups excluding carboxylic acids is 1. The van der Waals surface area contributed by atoms with Crippen molar-refractivity contribution >= 4 is 23.2 Å². The third-order valence-electron chi connectivity index (χ3n) is 4.11. The summed E-state index contributed by atoms with van der Waals surface area (Å²) < 4.78 is 1.25. The van der Waals surface area contributed by atoms with Crippen molar-refractivity contribution in [2.45, 2.75) is 39.2 Å². The van der Waals surface area contributed by atoms with Gasteiger partial charge < -0.3 is 5.32 Å². The molecule has 0 spiro atoms. The quantitative estimate of drug-likeness (QED) is 0.940. The lowest BCUT2D eigenvalue weighted by Crippen LogP contribution is -2.34. The molecule has 5 nitrogen and oxygen atoms in total. The minimum atomic E-state index is -0.703. The van der Waals surface area contributed by atoms with E-state index in [9.17, 15) is 9.59 Å². The Labute approximate surface area is 139 Å². The molecule has 1 amide bonds. The Morgan fingerprint density at radius 1 is 1.35 bits per heavy atom. The molecule has 0 bridgehead atoms. The number of benzene rings is 1. The second-order valence-electron chi connectivity index (χ2n) is 5.90. The first kappa shape index (κ1) is 15.7. The van der Waals surface area contributed by atoms with E-state index in [-0.39, 0.29) is 11.5 Å². The number of aromatic nitrogens is 2. The zero-order valence-electron chi connectivity index (χ0n) is 13.1. The molecular formula is C17H18ClN3O2. The van der Waals surface area contributed by atoms with Crippen LogP contribution in [0.2, 0.25) is 5.02 Å². The molecule has 0 aliphatic heterocycles. The molecular weight excluding hydrogens is 314 g/mol. The zero-order valence-corrected chi connectivity index (χ0v) is 13.9. The lowest BCUT2D eigenvalue weighted by Gasteiger charge is -2.16. The van der Waals surface area contributed by atoms with Crippen molar-refractivity contribution in [2.24, 2.45) is 0 Å². The number of rotatable bonds is 3. The highest BCUT2D eigenvalue weighted by molar-refractivity contribution is 6.33. The summed E-state index contributed by atoms with van der Waals surface area (Å²) in [5.41, 5.74) is 3.21. The van der Waals surface area contributed by atoms with Gasteiger partial charge in [0, 0.05) is 6.07 Å². The smallest absolute Gasteiger partial charge is 0.267 e. The first-order chi connectivity index (χ1) is 11.0. The molecule has 0 saturated carbocycles. The Morgan fingerprint density at radius 2 is 2.13 bits per heavy atom. The van der Waals surface area contributed by atoms with Crippen LogP contribution in [0.3, 0.4) is 0 Å². The highest BCUT2D eigenvalue weighted by atomic mass is 35.5. The minimum absolute atomic E-state index is 0.247. The summed E-state index contributed by atoms with van der Waals surface area (Å²) in [7, 11) is 0. The van der Waals surface area contributed by atoms with Crippen LogP contribution in [0.1, 0.15) is 36.2 Å². The van der Waals surface area contributed by atoms with Crippen molar-refractivity contribution in [3.63, 3.8) is 0 Å². The maximum atomic E-state index is 12.4. The first-order valence-corrected chi connectivity index (χ1v) is 8.02. The number of hydrogen-bond acceptors (Lipinski definition) is 3. The first-order valence-electron chi connectivity index (χ1n) is 7.64. The van der Waals surface area contributed by atoms with Crippen LogP contribution in [0, 0.1) is 6.92 Å². The summed E-state index contributed by atoms with van der Waals surface area (Å²) in [5, 5.41) is 7.59. The Hall–Kier alpha value is -2.14. The van der Waals surface area contributed by atoms with Crippen LogP contribution in [0.4, 0.5) is 5.69 Å². The number of hydrogen-bond donors (Lipinski definition) is 1. The fraction of sp³-hybridized carbons (Fsp3) is 0.353. The lowest BCUT2D eigenvalue weighted by molar-refractivity contribution is -0.119. The summed E-state index contributed by atoms with van der Waals surface area (Å²) in [6, 6.07) is 6.29. The molecule has 6 heteroatoms. The summed E-state index contributed by atoms with van der Waals surface area (Å²) in [6.07, 6.45) is 2.75. The summed E-state index contributed by atoms with van der Waals surface area (Å²) >= 11 is 6.13. The standard InChI is InChI=1S/C17H18ClN3O2/c1-10-6-7-15(13(18)8-10)19-17(23)11(2)21-16(22)9-12-4-3-5-14(12)20-21/h6-9,11H,3-5H2,1-2H3,(H,19,23). The number of aryl methyl sites for hydroxylation is 3. The molecule has 23 heavy (non-hydrogen) atoms. The van der Waals surface area contributed by atoms with Crippen LogP contribution in [0.5, 0.6) is 0 Å². The van der Waals surface area contributed by atoms with E-state index in [1.54, 1.807) is 25.1 Å². The highest BCUT2D eigenvalue weighted by Crippen LogP contribution is 2.24. The monoisotopic (exact) mass is 331 g/mol. The molecule has 1 aromatic heterocycles. The molecule has 2 aromatic rings. The van der Waals surface area contributed by atoms with E-state index in [1.165, 1.54) is 4.68 Å². The van der Waals surface area contributed by atoms with Gasteiger partial charge in [-0.05, 0) is 56.4 Å². The molecule has 0 saturated heterocycles. The van der Waals surface area contributed by atoms with Crippen molar-refractivity contribution in [1.82, 2.24) is 9.78 Å². The van der Waals surface area contributed by atoms with Crippen molar-refractivity contribution in [3.8, 4) is 0 Å². The summed E-state index contributed by atoms with van der Waals surface area (Å²) in [4.78, 5) is 24.6. The Balaban J connectivity index is 1.84. The Morgan fingerprint density at radius 3 is 2.87 bits per heavy atom. The summed E-state index contributed by atoms with van der Waals surface area (Å²) in [6.45, 7) is 3.58. The predicted molar refractivity (Wildman–Crippen MR) is 90.1 cm³/mol. The maximum absolute atomic E-state index is 12.4. The Kier molecular flexibility index (Phi) is 4.22. The van der Waals surface area contributed by atoms with E-state index in [0.29, 0.717) is 10.7 Å². The molecule has 1 N–H and O–H groups in total. The third-order valence-corrected chi connectivity index (χ3v) is 4.42. The molecule has 1 aromatic carbocycles. The van der Waals surface area contributed by atoms with Crippen LogP contribution in [-0.2, 0) is 17.6 Å². The van der Waals surface area contributed by atoms with Gasteiger partial charge in [-0.15, -0.1) is 0 Å². The van der Waals surface area contributed by atoms with Gasteiger partial charge in [0.25, 0.3) is 5.56 Å². The lowest BCUT2D eigenvalue weighted by atomic mass is 10.2. The van der Waals surface area contributed by atoms with E-state index in [1.807, 2.05) is 13.0 Å². The van der Waals surface area contributed by atoms with Crippen LogP contribution in [0.25, 0.3) is 0 Å².